The fourth-order valence-electron chi connectivity index (χ4n) is 2.05. The van der Waals surface area contributed by atoms with E-state index in [2.05, 4.69) is 0 Å². The molecule has 19 heavy (non-hydrogen) atoms. The molecule has 1 amide bonds. The smallest absolute Gasteiger partial charge is 0.254 e. The van der Waals surface area contributed by atoms with E-state index in [0.29, 0.717) is 18.2 Å². The lowest BCUT2D eigenvalue weighted by molar-refractivity contribution is 0.0743. The molecule has 0 saturated heterocycles. The van der Waals surface area contributed by atoms with Crippen molar-refractivity contribution in [1.82, 2.24) is 4.90 Å². The third-order valence-electron chi connectivity index (χ3n) is 3.12. The lowest BCUT2D eigenvalue weighted by Crippen LogP contribution is -2.33. The van der Waals surface area contributed by atoms with Gasteiger partial charge in [0, 0.05) is 18.2 Å². The second kappa shape index (κ2) is 5.30. The monoisotopic (exact) mass is 282 g/mol. The summed E-state index contributed by atoms with van der Waals surface area (Å²) in [7, 11) is -3.77. The number of hydrogen-bond donors (Lipinski definition) is 1. The number of rotatable bonds is 5. The summed E-state index contributed by atoms with van der Waals surface area (Å²) < 4.78 is 22.6. The van der Waals surface area contributed by atoms with Gasteiger partial charge in [-0.3, -0.25) is 4.79 Å². The molecule has 0 spiro atoms. The Bertz CT molecular complexity index is 579. The summed E-state index contributed by atoms with van der Waals surface area (Å²) in [5.74, 6) is -0.116. The number of nitrogens with two attached hydrogens (primary N) is 1. The van der Waals surface area contributed by atoms with Crippen LogP contribution >= 0.6 is 0 Å². The van der Waals surface area contributed by atoms with Gasteiger partial charge in [-0.05, 0) is 37.5 Å². The lowest BCUT2D eigenvalue weighted by atomic mass is 10.2. The summed E-state index contributed by atoms with van der Waals surface area (Å²) in [5, 5.41) is 5.08. The molecular weight excluding hydrogens is 264 g/mol. The van der Waals surface area contributed by atoms with Crippen molar-refractivity contribution in [1.29, 1.82) is 0 Å². The van der Waals surface area contributed by atoms with Crippen molar-refractivity contribution in [2.45, 2.75) is 37.1 Å². The standard InChI is InChI=1S/C13H18N2O3S/c1-2-8-15(11-6-7-11)13(16)10-4-3-5-12(9-10)19(14,17)18/h3-5,9,11H,2,6-8H2,1H3,(H2,14,17,18). The molecule has 1 aromatic rings. The van der Waals surface area contributed by atoms with Gasteiger partial charge in [0.1, 0.15) is 0 Å². The zero-order valence-electron chi connectivity index (χ0n) is 10.9. The van der Waals surface area contributed by atoms with Crippen molar-refractivity contribution in [3.63, 3.8) is 0 Å². The van der Waals surface area contributed by atoms with Gasteiger partial charge in [0.05, 0.1) is 4.90 Å². The van der Waals surface area contributed by atoms with E-state index in [4.69, 9.17) is 5.14 Å². The molecule has 2 N–H and O–H groups in total. The zero-order valence-corrected chi connectivity index (χ0v) is 11.7. The third kappa shape index (κ3) is 3.33. The van der Waals surface area contributed by atoms with Crippen LogP contribution < -0.4 is 5.14 Å². The number of hydrogen-bond acceptors (Lipinski definition) is 3. The highest BCUT2D eigenvalue weighted by Crippen LogP contribution is 2.28. The number of carbonyl (C=O) groups excluding carboxylic acids is 1. The first kappa shape index (κ1) is 14.0. The van der Waals surface area contributed by atoms with Crippen LogP contribution in [0.3, 0.4) is 0 Å². The van der Waals surface area contributed by atoms with Crippen LogP contribution in [0, 0.1) is 0 Å². The highest BCUT2D eigenvalue weighted by atomic mass is 32.2. The van der Waals surface area contributed by atoms with Crippen LogP contribution in [-0.2, 0) is 10.0 Å². The van der Waals surface area contributed by atoms with Crippen molar-refractivity contribution in [2.75, 3.05) is 6.54 Å². The Morgan fingerprint density at radius 2 is 2.11 bits per heavy atom. The SMILES string of the molecule is CCCN(C(=O)c1cccc(S(N)(=O)=O)c1)C1CC1. The Morgan fingerprint density at radius 3 is 2.63 bits per heavy atom. The molecule has 5 nitrogen and oxygen atoms in total. The maximum Gasteiger partial charge on any atom is 0.254 e. The van der Waals surface area contributed by atoms with Gasteiger partial charge < -0.3 is 4.90 Å². The van der Waals surface area contributed by atoms with Gasteiger partial charge in [-0.1, -0.05) is 13.0 Å². The summed E-state index contributed by atoms with van der Waals surface area (Å²) in [6.07, 6.45) is 2.94. The average molecular weight is 282 g/mol. The third-order valence-corrected chi connectivity index (χ3v) is 4.03. The largest absolute Gasteiger partial charge is 0.336 e. The molecule has 0 bridgehead atoms. The first-order valence-electron chi connectivity index (χ1n) is 6.37. The number of primary sulfonamides is 1. The van der Waals surface area contributed by atoms with Gasteiger partial charge >= 0.3 is 0 Å². The number of sulfonamides is 1. The molecule has 2 rings (SSSR count). The van der Waals surface area contributed by atoms with Crippen molar-refractivity contribution in [3.8, 4) is 0 Å². The van der Waals surface area contributed by atoms with Gasteiger partial charge in [-0.25, -0.2) is 13.6 Å². The predicted octanol–water partition coefficient (Wildman–Crippen LogP) is 1.35. The second-order valence-electron chi connectivity index (χ2n) is 4.80. The fraction of sp³-hybridized carbons (Fsp3) is 0.462. The van der Waals surface area contributed by atoms with Crippen LogP contribution in [0.1, 0.15) is 36.5 Å². The molecule has 0 radical (unpaired) electrons. The molecule has 104 valence electrons. The maximum atomic E-state index is 12.4. The van der Waals surface area contributed by atoms with Crippen LogP contribution in [-0.4, -0.2) is 31.8 Å². The number of amides is 1. The highest BCUT2D eigenvalue weighted by molar-refractivity contribution is 7.89. The van der Waals surface area contributed by atoms with Crippen LogP contribution in [0.2, 0.25) is 0 Å². The highest BCUT2D eigenvalue weighted by Gasteiger charge is 2.32. The van der Waals surface area contributed by atoms with E-state index < -0.39 is 10.0 Å². The minimum absolute atomic E-state index is 0.0226. The molecular formula is C13H18N2O3S. The Balaban J connectivity index is 2.27. The summed E-state index contributed by atoms with van der Waals surface area (Å²) in [4.78, 5) is 14.2. The zero-order chi connectivity index (χ0) is 14.0. The summed E-state index contributed by atoms with van der Waals surface area (Å²) >= 11 is 0. The average Bonchev–Trinajstić information content (AvgIpc) is 3.18. The van der Waals surface area contributed by atoms with E-state index in [-0.39, 0.29) is 10.8 Å². The van der Waals surface area contributed by atoms with E-state index in [1.54, 1.807) is 12.1 Å². The molecule has 1 fully saturated rings. The molecule has 0 unspecified atom stereocenters. The van der Waals surface area contributed by atoms with Crippen LogP contribution in [0.4, 0.5) is 0 Å². The van der Waals surface area contributed by atoms with E-state index in [1.807, 2.05) is 11.8 Å². The van der Waals surface area contributed by atoms with Gasteiger partial charge in [0.2, 0.25) is 10.0 Å². The van der Waals surface area contributed by atoms with Crippen molar-refractivity contribution in [3.05, 3.63) is 29.8 Å². The van der Waals surface area contributed by atoms with Crippen LogP contribution in [0.25, 0.3) is 0 Å². The van der Waals surface area contributed by atoms with E-state index in [9.17, 15) is 13.2 Å². The van der Waals surface area contributed by atoms with Crippen molar-refractivity contribution < 1.29 is 13.2 Å². The van der Waals surface area contributed by atoms with E-state index in [1.165, 1.54) is 12.1 Å². The second-order valence-corrected chi connectivity index (χ2v) is 6.36. The van der Waals surface area contributed by atoms with E-state index >= 15 is 0 Å². The molecule has 0 heterocycles. The molecule has 6 heteroatoms. The van der Waals surface area contributed by atoms with Crippen molar-refractivity contribution >= 4 is 15.9 Å². The summed E-state index contributed by atoms with van der Waals surface area (Å²) in [5.41, 5.74) is 0.381. The Morgan fingerprint density at radius 1 is 1.42 bits per heavy atom. The molecule has 1 saturated carbocycles. The first-order valence-corrected chi connectivity index (χ1v) is 7.92. The molecule has 1 aliphatic rings. The minimum Gasteiger partial charge on any atom is -0.336 e. The molecule has 1 aromatic carbocycles. The first-order chi connectivity index (χ1) is 8.93. The molecule has 0 aliphatic heterocycles. The number of benzene rings is 1. The molecule has 1 aliphatic carbocycles. The normalized spacial score (nSPS) is 15.3. The fourth-order valence-corrected chi connectivity index (χ4v) is 2.61. The number of carbonyl (C=O) groups is 1. The minimum atomic E-state index is -3.77. The van der Waals surface area contributed by atoms with Gasteiger partial charge in [0.15, 0.2) is 0 Å². The lowest BCUT2D eigenvalue weighted by Gasteiger charge is -2.21. The Kier molecular flexibility index (Phi) is 3.91. The van der Waals surface area contributed by atoms with Crippen LogP contribution in [0.15, 0.2) is 29.2 Å². The van der Waals surface area contributed by atoms with Gasteiger partial charge in [-0.15, -0.1) is 0 Å². The van der Waals surface area contributed by atoms with E-state index in [0.717, 1.165) is 19.3 Å². The van der Waals surface area contributed by atoms with Crippen molar-refractivity contribution in [2.24, 2.45) is 5.14 Å². The quantitative estimate of drug-likeness (QED) is 0.885. The van der Waals surface area contributed by atoms with Gasteiger partial charge in [0.25, 0.3) is 5.91 Å². The molecule has 0 aromatic heterocycles. The number of nitrogens with zero attached hydrogens (tertiary/aromatic N) is 1. The maximum absolute atomic E-state index is 12.4. The predicted molar refractivity (Wildman–Crippen MR) is 72.2 cm³/mol. The Labute approximate surface area is 113 Å². The summed E-state index contributed by atoms with van der Waals surface area (Å²) in [6.45, 7) is 2.71. The summed E-state index contributed by atoms with van der Waals surface area (Å²) in [6, 6.07) is 6.23. The van der Waals surface area contributed by atoms with Crippen LogP contribution in [0.5, 0.6) is 0 Å². The van der Waals surface area contributed by atoms with Gasteiger partial charge in [-0.2, -0.15) is 0 Å². The topological polar surface area (TPSA) is 80.5 Å². The Hall–Kier alpha value is -1.40. The molecule has 0 atom stereocenters.